The van der Waals surface area contributed by atoms with E-state index >= 15 is 0 Å². The summed E-state index contributed by atoms with van der Waals surface area (Å²) in [6.07, 6.45) is -2.66. The number of aliphatic hydroxyl groups is 1. The highest BCUT2D eigenvalue weighted by Gasteiger charge is 2.21. The maximum Gasteiger partial charge on any atom is 0.161 e. The third-order valence-electron chi connectivity index (χ3n) is 5.04. The third kappa shape index (κ3) is 6.79. The van der Waals surface area contributed by atoms with E-state index in [9.17, 15) is 9.90 Å². The molecule has 1 N–H and O–H groups in total. The Balaban J connectivity index is 1.64. The van der Waals surface area contributed by atoms with Gasteiger partial charge in [-0.3, -0.25) is 14.6 Å². The molecule has 1 saturated heterocycles. The number of nitrogens with zero attached hydrogens (tertiary/aromatic N) is 2. The Kier molecular flexibility index (Phi) is 5.05. The highest BCUT2D eigenvalue weighted by atomic mass is 16.5. The Labute approximate surface area is 198 Å². The molecule has 2 aromatic carbocycles. The lowest BCUT2D eigenvalue weighted by atomic mass is 9.98. The second kappa shape index (κ2) is 11.3. The number of hydrogen-bond donors (Lipinski definition) is 1. The Morgan fingerprint density at radius 1 is 1.10 bits per heavy atom. The van der Waals surface area contributed by atoms with Gasteiger partial charge in [0.2, 0.25) is 0 Å². The van der Waals surface area contributed by atoms with Gasteiger partial charge in [-0.2, -0.15) is 0 Å². The second-order valence-corrected chi connectivity index (χ2v) is 7.31. The molecule has 0 saturated carbocycles. The van der Waals surface area contributed by atoms with E-state index < -0.39 is 38.5 Å². The maximum absolute atomic E-state index is 13.2. The predicted molar refractivity (Wildman–Crippen MR) is 122 cm³/mol. The van der Waals surface area contributed by atoms with Crippen molar-refractivity contribution in [3.8, 4) is 11.5 Å². The van der Waals surface area contributed by atoms with Crippen LogP contribution in [0.15, 0.2) is 42.5 Å². The molecule has 1 fully saturated rings. The van der Waals surface area contributed by atoms with Gasteiger partial charge >= 0.3 is 0 Å². The van der Waals surface area contributed by atoms with E-state index in [-0.39, 0.29) is 56.0 Å². The molecule has 31 heavy (non-hydrogen) atoms. The molecule has 1 unspecified atom stereocenters. The molecular weight excluding hydrogens is 392 g/mol. The van der Waals surface area contributed by atoms with Crippen molar-refractivity contribution >= 4 is 5.78 Å². The number of hydrogen-bond acceptors (Lipinski definition) is 6. The number of Topliss-reactive ketones (excluding diaryl/α,β-unsaturated/α-hetero) is 1. The van der Waals surface area contributed by atoms with Crippen molar-refractivity contribution in [1.82, 2.24) is 9.80 Å². The van der Waals surface area contributed by atoms with E-state index in [4.69, 9.17) is 21.8 Å². The number of carbonyl (C=O) groups is 1. The normalized spacial score (nSPS) is 22.7. The van der Waals surface area contributed by atoms with Gasteiger partial charge in [0.25, 0.3) is 0 Å². The number of piperazine rings is 1. The largest absolute Gasteiger partial charge is 0.493 e. The van der Waals surface area contributed by atoms with Crippen molar-refractivity contribution < 1.29 is 31.7 Å². The van der Waals surface area contributed by atoms with E-state index in [1.54, 1.807) is 29.2 Å². The number of ether oxygens (including phenoxy) is 2. The molecule has 0 spiro atoms. The van der Waals surface area contributed by atoms with E-state index in [1.807, 2.05) is 0 Å². The van der Waals surface area contributed by atoms with Crippen LogP contribution in [0.5, 0.6) is 11.5 Å². The fourth-order valence-corrected chi connectivity index (χ4v) is 3.37. The number of para-hydroxylation sites is 2. The molecule has 0 amide bonds. The monoisotopic (exact) mass is 435 g/mol. The van der Waals surface area contributed by atoms with Crippen LogP contribution in [0.4, 0.5) is 0 Å². The van der Waals surface area contributed by atoms with E-state index in [0.717, 1.165) is 0 Å². The lowest BCUT2D eigenvalue weighted by molar-refractivity contribution is -0.120. The quantitative estimate of drug-likeness (QED) is 0.619. The van der Waals surface area contributed by atoms with Gasteiger partial charge in [-0.1, -0.05) is 30.3 Å². The number of carbonyl (C=O) groups excluding carboxylic acids is 1. The smallest absolute Gasteiger partial charge is 0.161 e. The first-order chi connectivity index (χ1) is 18.5. The fraction of sp³-hybridized carbons (Fsp3) is 0.480. The minimum atomic E-state index is -2.68. The Bertz CT molecular complexity index is 1150. The molecule has 0 aliphatic carbocycles. The molecule has 1 aliphatic heterocycles. The number of aryl methyl sites for hydroxylation is 2. The zero-order chi connectivity index (χ0) is 29.9. The molecule has 0 aromatic heterocycles. The number of β-amino-alcohol motifs (C(OH)–C–C–N with tert-alkyl or cyclic N) is 1. The van der Waals surface area contributed by atoms with Gasteiger partial charge in [0.1, 0.15) is 12.7 Å². The van der Waals surface area contributed by atoms with Crippen molar-refractivity contribution in [3.63, 3.8) is 0 Å². The van der Waals surface area contributed by atoms with E-state index in [2.05, 4.69) is 0 Å². The average Bonchev–Trinajstić information content (AvgIpc) is 2.86. The van der Waals surface area contributed by atoms with Gasteiger partial charge in [-0.05, 0) is 42.5 Å². The summed E-state index contributed by atoms with van der Waals surface area (Å²) in [6.45, 7) is -7.60. The van der Waals surface area contributed by atoms with Crippen LogP contribution in [0.3, 0.4) is 0 Å². The van der Waals surface area contributed by atoms with Gasteiger partial charge in [0, 0.05) is 47.4 Å². The Morgan fingerprint density at radius 3 is 2.39 bits per heavy atom. The first-order valence-corrected chi connectivity index (χ1v) is 10.1. The summed E-state index contributed by atoms with van der Waals surface area (Å²) in [7, 11) is 1.48. The molecule has 1 aliphatic rings. The summed E-state index contributed by atoms with van der Waals surface area (Å²) < 4.78 is 82.7. The Hall–Kier alpha value is -2.41. The predicted octanol–water partition coefficient (Wildman–Crippen LogP) is 2.48. The van der Waals surface area contributed by atoms with Crippen LogP contribution in [0.25, 0.3) is 0 Å². The van der Waals surface area contributed by atoms with E-state index in [1.165, 1.54) is 30.2 Å². The van der Waals surface area contributed by atoms with Crippen LogP contribution >= 0.6 is 0 Å². The molecule has 168 valence electrons. The maximum atomic E-state index is 13.2. The van der Waals surface area contributed by atoms with Crippen molar-refractivity contribution in [2.75, 3.05) is 52.9 Å². The van der Waals surface area contributed by atoms with Gasteiger partial charge in [0.05, 0.1) is 17.7 Å². The summed E-state index contributed by atoms with van der Waals surface area (Å²) in [5.74, 6) is -0.106. The van der Waals surface area contributed by atoms with Crippen molar-refractivity contribution in [2.24, 2.45) is 0 Å². The molecular formula is C25H34N2O4. The standard InChI is InChI=1S/C25H34N2O4/c1-19-7-6-8-20(2)23(19)15-21(28)16-26-11-13-27(14-12-26)17-22(29)18-31-25-10-5-4-9-24(25)30-3/h4-10,22,29H,11-18H2,1-3H3/i1D3,2D3,16D2,22D. The molecule has 0 radical (unpaired) electrons. The van der Waals surface area contributed by atoms with Crippen LogP contribution in [0.2, 0.25) is 0 Å². The molecule has 2 aromatic rings. The van der Waals surface area contributed by atoms with Crippen LogP contribution in [0.1, 0.15) is 29.0 Å². The van der Waals surface area contributed by atoms with Gasteiger partial charge in [-0.25, -0.2) is 0 Å². The molecule has 6 heteroatoms. The molecule has 3 rings (SSSR count). The molecule has 0 bridgehead atoms. The minimum absolute atomic E-state index is 0.0825. The number of benzene rings is 2. The summed E-state index contributed by atoms with van der Waals surface area (Å²) in [6, 6.07) is 10.6. The van der Waals surface area contributed by atoms with Gasteiger partial charge in [0.15, 0.2) is 17.3 Å². The van der Waals surface area contributed by atoms with Crippen LogP contribution in [0, 0.1) is 13.7 Å². The molecule has 1 atom stereocenters. The SMILES string of the molecule is [2H]C(O)(COc1ccccc1OC)CN1CCN(C([2H])([2H])C(=O)Cc2c(C([2H])([2H])[2H])cccc2C([2H])([2H])[2H])CC1. The van der Waals surface area contributed by atoms with Crippen LogP contribution in [-0.4, -0.2) is 79.7 Å². The summed E-state index contributed by atoms with van der Waals surface area (Å²) in [4.78, 5) is 16.2. The van der Waals surface area contributed by atoms with Gasteiger partial charge < -0.3 is 14.6 Å². The summed E-state index contributed by atoms with van der Waals surface area (Å²) >= 11 is 0. The van der Waals surface area contributed by atoms with Gasteiger partial charge in [-0.15, -0.1) is 0 Å². The molecule has 1 heterocycles. The number of rotatable bonds is 10. The highest BCUT2D eigenvalue weighted by molar-refractivity contribution is 5.83. The van der Waals surface area contributed by atoms with E-state index in [0.29, 0.717) is 11.5 Å². The third-order valence-corrected chi connectivity index (χ3v) is 5.04. The van der Waals surface area contributed by atoms with Crippen molar-refractivity contribution in [2.45, 2.75) is 26.2 Å². The van der Waals surface area contributed by atoms with Crippen molar-refractivity contribution in [1.29, 1.82) is 0 Å². The van der Waals surface area contributed by atoms with Crippen molar-refractivity contribution in [3.05, 3.63) is 59.2 Å². The second-order valence-electron chi connectivity index (χ2n) is 7.31. The summed E-state index contributed by atoms with van der Waals surface area (Å²) in [5.41, 5.74) is -0.787. The number of methoxy groups -OCH3 is 1. The minimum Gasteiger partial charge on any atom is -0.493 e. The lowest BCUT2D eigenvalue weighted by Gasteiger charge is -2.35. The topological polar surface area (TPSA) is 62.2 Å². The lowest BCUT2D eigenvalue weighted by Crippen LogP contribution is -2.50. The van der Waals surface area contributed by atoms with Crippen LogP contribution in [-0.2, 0) is 11.2 Å². The summed E-state index contributed by atoms with van der Waals surface area (Å²) in [5, 5.41) is 10.6. The van der Waals surface area contributed by atoms with Crippen LogP contribution < -0.4 is 9.47 Å². The number of ketones is 1. The zero-order valence-corrected chi connectivity index (χ0v) is 17.6. The first-order valence-electron chi connectivity index (χ1n) is 14.6. The fourth-order valence-electron chi connectivity index (χ4n) is 3.37. The highest BCUT2D eigenvalue weighted by Crippen LogP contribution is 2.25. The molecule has 6 nitrogen and oxygen atoms in total. The average molecular weight is 436 g/mol. The zero-order valence-electron chi connectivity index (χ0n) is 26.6. The Morgan fingerprint density at radius 2 is 1.74 bits per heavy atom. The first kappa shape index (κ1) is 13.9.